The third-order valence-electron chi connectivity index (χ3n) is 2.37. The zero-order valence-corrected chi connectivity index (χ0v) is 9.99. The average Bonchev–Trinajstić information content (AvgIpc) is 2.29. The van der Waals surface area contributed by atoms with Crippen LogP contribution in [0.15, 0.2) is 30.3 Å². The molecule has 90 valence electrons. The molecule has 0 unspecified atom stereocenters. The van der Waals surface area contributed by atoms with Crippen LogP contribution in [-0.4, -0.2) is 12.6 Å². The van der Waals surface area contributed by atoms with Crippen LogP contribution in [0.5, 0.6) is 0 Å². The van der Waals surface area contributed by atoms with E-state index >= 15 is 0 Å². The maximum atomic E-state index is 5.66. The lowest BCUT2D eigenvalue weighted by molar-refractivity contribution is 0.0272. The van der Waals surface area contributed by atoms with Crippen molar-refractivity contribution in [3.05, 3.63) is 35.9 Å². The molecule has 0 fully saturated rings. The molecule has 1 atom stereocenters. The summed E-state index contributed by atoms with van der Waals surface area (Å²) in [5.74, 6) is 0. The topological polar surface area (TPSA) is 47.3 Å². The van der Waals surface area contributed by atoms with Crippen LogP contribution in [-0.2, 0) is 11.4 Å². The zero-order chi connectivity index (χ0) is 11.6. The largest absolute Gasteiger partial charge is 0.328 e. The van der Waals surface area contributed by atoms with Crippen LogP contribution in [0.2, 0.25) is 0 Å². The predicted molar refractivity (Wildman–Crippen MR) is 66.7 cm³/mol. The number of hydrogen-bond donors (Lipinski definition) is 2. The highest BCUT2D eigenvalue weighted by molar-refractivity contribution is 5.13. The number of benzene rings is 1. The Morgan fingerprint density at radius 1 is 1.25 bits per heavy atom. The van der Waals surface area contributed by atoms with E-state index in [0.29, 0.717) is 12.6 Å². The Balaban J connectivity index is 1.93. The van der Waals surface area contributed by atoms with Crippen molar-refractivity contribution in [3.8, 4) is 0 Å². The Bertz CT molecular complexity index is 262. The molecule has 1 rings (SSSR count). The van der Waals surface area contributed by atoms with Crippen molar-refractivity contribution in [2.24, 2.45) is 5.73 Å². The van der Waals surface area contributed by atoms with Crippen LogP contribution in [0, 0.1) is 0 Å². The van der Waals surface area contributed by atoms with Crippen LogP contribution < -0.4 is 11.2 Å². The Labute approximate surface area is 97.9 Å². The summed E-state index contributed by atoms with van der Waals surface area (Å²) in [5.41, 5.74) is 9.81. The molecule has 0 heterocycles. The molecule has 3 N–H and O–H groups in total. The highest BCUT2D eigenvalue weighted by Gasteiger charge is 1.94. The van der Waals surface area contributed by atoms with Crippen LogP contribution >= 0.6 is 0 Å². The molecule has 0 saturated carbocycles. The van der Waals surface area contributed by atoms with Crippen molar-refractivity contribution in [1.29, 1.82) is 0 Å². The van der Waals surface area contributed by atoms with E-state index in [1.165, 1.54) is 5.56 Å². The van der Waals surface area contributed by atoms with Gasteiger partial charge in [0, 0.05) is 12.6 Å². The van der Waals surface area contributed by atoms with E-state index in [2.05, 4.69) is 17.6 Å². The Kier molecular flexibility index (Phi) is 6.81. The third-order valence-corrected chi connectivity index (χ3v) is 2.37. The highest BCUT2D eigenvalue weighted by Crippen LogP contribution is 2.00. The summed E-state index contributed by atoms with van der Waals surface area (Å²) in [4.78, 5) is 5.35. The first-order valence-electron chi connectivity index (χ1n) is 5.93. The fourth-order valence-electron chi connectivity index (χ4n) is 1.44. The lowest BCUT2D eigenvalue weighted by Crippen LogP contribution is -2.18. The van der Waals surface area contributed by atoms with E-state index in [4.69, 9.17) is 10.6 Å². The van der Waals surface area contributed by atoms with Crippen LogP contribution in [0.25, 0.3) is 0 Å². The summed E-state index contributed by atoms with van der Waals surface area (Å²) in [7, 11) is 0. The van der Waals surface area contributed by atoms with Gasteiger partial charge in [-0.05, 0) is 25.3 Å². The molecule has 0 amide bonds. The van der Waals surface area contributed by atoms with Crippen LogP contribution in [0.3, 0.4) is 0 Å². The van der Waals surface area contributed by atoms with E-state index in [9.17, 15) is 0 Å². The number of rotatable bonds is 8. The molecular formula is C13H22N2O. The maximum Gasteiger partial charge on any atom is 0.0933 e. The quantitative estimate of drug-likeness (QED) is 0.524. The molecule has 0 aliphatic heterocycles. The number of hydroxylamine groups is 1. The minimum atomic E-state index is 0.310. The van der Waals surface area contributed by atoms with Gasteiger partial charge in [0.15, 0.2) is 0 Å². The molecule has 0 spiro atoms. The molecular weight excluding hydrogens is 200 g/mol. The Morgan fingerprint density at radius 3 is 2.69 bits per heavy atom. The molecule has 3 nitrogen and oxygen atoms in total. The molecule has 0 bridgehead atoms. The monoisotopic (exact) mass is 222 g/mol. The van der Waals surface area contributed by atoms with Crippen molar-refractivity contribution >= 4 is 0 Å². The summed E-state index contributed by atoms with van der Waals surface area (Å²) >= 11 is 0. The second-order valence-corrected chi connectivity index (χ2v) is 4.14. The van der Waals surface area contributed by atoms with Gasteiger partial charge in [0.1, 0.15) is 0 Å². The molecule has 0 radical (unpaired) electrons. The first-order valence-corrected chi connectivity index (χ1v) is 5.93. The van der Waals surface area contributed by atoms with E-state index in [1.54, 1.807) is 0 Å². The maximum absolute atomic E-state index is 5.66. The van der Waals surface area contributed by atoms with E-state index in [1.807, 2.05) is 25.1 Å². The molecule has 0 aliphatic carbocycles. The Hall–Kier alpha value is -0.900. The summed E-state index contributed by atoms with van der Waals surface area (Å²) in [6.07, 6.45) is 3.34. The standard InChI is InChI=1S/C13H22N2O/c1-12(14)7-5-6-10-15-16-11-13-8-3-2-4-9-13/h2-4,8-9,12,15H,5-7,10-11,14H2,1H3/t12-/m1/s1. The minimum Gasteiger partial charge on any atom is -0.328 e. The first kappa shape index (κ1) is 13.2. The highest BCUT2D eigenvalue weighted by atomic mass is 16.6. The number of unbranched alkanes of at least 4 members (excludes halogenated alkanes) is 1. The van der Waals surface area contributed by atoms with Gasteiger partial charge in [-0.3, -0.25) is 4.84 Å². The summed E-state index contributed by atoms with van der Waals surface area (Å²) in [6, 6.07) is 10.5. The van der Waals surface area contributed by atoms with Gasteiger partial charge in [-0.25, -0.2) is 5.48 Å². The number of nitrogens with one attached hydrogen (secondary N) is 1. The molecule has 1 aromatic carbocycles. The van der Waals surface area contributed by atoms with Crippen LogP contribution in [0.1, 0.15) is 31.7 Å². The van der Waals surface area contributed by atoms with Crippen molar-refractivity contribution in [2.45, 2.75) is 38.8 Å². The number of hydrogen-bond acceptors (Lipinski definition) is 3. The lowest BCUT2D eigenvalue weighted by atomic mass is 10.1. The minimum absolute atomic E-state index is 0.310. The van der Waals surface area contributed by atoms with Gasteiger partial charge in [0.05, 0.1) is 6.61 Å². The van der Waals surface area contributed by atoms with Gasteiger partial charge in [0.25, 0.3) is 0 Å². The normalized spacial score (nSPS) is 12.6. The van der Waals surface area contributed by atoms with Gasteiger partial charge in [-0.1, -0.05) is 36.8 Å². The first-order chi connectivity index (χ1) is 7.79. The van der Waals surface area contributed by atoms with Crippen molar-refractivity contribution in [2.75, 3.05) is 6.54 Å². The van der Waals surface area contributed by atoms with E-state index in [0.717, 1.165) is 25.8 Å². The average molecular weight is 222 g/mol. The fourth-order valence-corrected chi connectivity index (χ4v) is 1.44. The molecule has 0 aromatic heterocycles. The summed E-state index contributed by atoms with van der Waals surface area (Å²) in [5, 5.41) is 0. The van der Waals surface area contributed by atoms with Crippen molar-refractivity contribution in [3.63, 3.8) is 0 Å². The molecule has 1 aromatic rings. The van der Waals surface area contributed by atoms with Gasteiger partial charge in [0.2, 0.25) is 0 Å². The van der Waals surface area contributed by atoms with E-state index in [-0.39, 0.29) is 0 Å². The smallest absolute Gasteiger partial charge is 0.0933 e. The summed E-state index contributed by atoms with van der Waals surface area (Å²) < 4.78 is 0. The van der Waals surface area contributed by atoms with Gasteiger partial charge in [-0.2, -0.15) is 0 Å². The fraction of sp³-hybridized carbons (Fsp3) is 0.538. The molecule has 0 saturated heterocycles. The predicted octanol–water partition coefficient (Wildman–Crippen LogP) is 2.23. The second-order valence-electron chi connectivity index (χ2n) is 4.14. The van der Waals surface area contributed by atoms with Gasteiger partial charge < -0.3 is 5.73 Å². The van der Waals surface area contributed by atoms with Gasteiger partial charge >= 0.3 is 0 Å². The molecule has 16 heavy (non-hydrogen) atoms. The third kappa shape index (κ3) is 6.56. The van der Waals surface area contributed by atoms with Crippen LogP contribution in [0.4, 0.5) is 0 Å². The zero-order valence-electron chi connectivity index (χ0n) is 9.99. The lowest BCUT2D eigenvalue weighted by Gasteiger charge is -2.07. The summed E-state index contributed by atoms with van der Waals surface area (Å²) in [6.45, 7) is 3.55. The van der Waals surface area contributed by atoms with E-state index < -0.39 is 0 Å². The Morgan fingerprint density at radius 2 is 2.00 bits per heavy atom. The molecule has 0 aliphatic rings. The van der Waals surface area contributed by atoms with Gasteiger partial charge in [-0.15, -0.1) is 0 Å². The van der Waals surface area contributed by atoms with Crippen molar-refractivity contribution in [1.82, 2.24) is 5.48 Å². The number of nitrogens with two attached hydrogens (primary N) is 1. The van der Waals surface area contributed by atoms with Crippen molar-refractivity contribution < 1.29 is 4.84 Å². The second kappa shape index (κ2) is 8.28. The molecule has 3 heteroatoms. The SMILES string of the molecule is C[C@@H](N)CCCCNOCc1ccccc1.